The lowest BCUT2D eigenvalue weighted by Crippen LogP contribution is -2.29. The van der Waals surface area contributed by atoms with Gasteiger partial charge in [0.15, 0.2) is 0 Å². The third kappa shape index (κ3) is 4.31. The summed E-state index contributed by atoms with van der Waals surface area (Å²) in [6.45, 7) is 0. The van der Waals surface area contributed by atoms with Gasteiger partial charge < -0.3 is 5.32 Å². The number of aryl methyl sites for hydroxylation is 1. The van der Waals surface area contributed by atoms with Gasteiger partial charge in [0.1, 0.15) is 0 Å². The van der Waals surface area contributed by atoms with Crippen LogP contribution in [0.1, 0.15) is 48.7 Å². The van der Waals surface area contributed by atoms with Gasteiger partial charge in [0.25, 0.3) is 0 Å². The van der Waals surface area contributed by atoms with Crippen molar-refractivity contribution in [2.24, 2.45) is 5.92 Å². The SMILES string of the molecule is O=C(CCCCc1nc2ccccc2s1)NC(c1ccccc1)C1CC1. The molecule has 26 heavy (non-hydrogen) atoms. The summed E-state index contributed by atoms with van der Waals surface area (Å²) in [7, 11) is 0. The Bertz CT molecular complexity index is 837. The molecule has 3 nitrogen and oxygen atoms in total. The topological polar surface area (TPSA) is 42.0 Å². The molecular formula is C22H24N2OS. The molecule has 0 radical (unpaired) electrons. The van der Waals surface area contributed by atoms with E-state index in [4.69, 9.17) is 0 Å². The van der Waals surface area contributed by atoms with Crippen molar-refractivity contribution in [2.45, 2.75) is 44.6 Å². The molecule has 4 rings (SSSR count). The lowest BCUT2D eigenvalue weighted by atomic mass is 10.0. The Morgan fingerprint density at radius 2 is 1.85 bits per heavy atom. The predicted octanol–water partition coefficient (Wildman–Crippen LogP) is 5.28. The van der Waals surface area contributed by atoms with E-state index in [1.807, 2.05) is 12.1 Å². The highest BCUT2D eigenvalue weighted by Gasteiger charge is 2.33. The number of para-hydroxylation sites is 1. The Balaban J connectivity index is 1.24. The molecule has 0 saturated heterocycles. The molecule has 1 N–H and O–H groups in total. The predicted molar refractivity (Wildman–Crippen MR) is 107 cm³/mol. The first-order valence-electron chi connectivity index (χ1n) is 9.48. The van der Waals surface area contributed by atoms with Crippen LogP contribution in [0.4, 0.5) is 0 Å². The molecule has 1 amide bonds. The summed E-state index contributed by atoms with van der Waals surface area (Å²) in [6, 6.07) is 18.8. The molecule has 1 atom stereocenters. The van der Waals surface area contributed by atoms with Gasteiger partial charge in [-0.2, -0.15) is 0 Å². The van der Waals surface area contributed by atoms with Crippen LogP contribution >= 0.6 is 11.3 Å². The molecule has 2 aromatic carbocycles. The number of aromatic nitrogens is 1. The largest absolute Gasteiger partial charge is 0.349 e. The number of amides is 1. The minimum atomic E-state index is 0.176. The summed E-state index contributed by atoms with van der Waals surface area (Å²) in [5.74, 6) is 0.791. The van der Waals surface area contributed by atoms with Crippen LogP contribution in [0.25, 0.3) is 10.2 Å². The van der Waals surface area contributed by atoms with Crippen molar-refractivity contribution in [3.05, 3.63) is 65.2 Å². The maximum absolute atomic E-state index is 12.4. The number of fused-ring (bicyclic) bond motifs is 1. The molecular weight excluding hydrogens is 340 g/mol. The third-order valence-electron chi connectivity index (χ3n) is 4.95. The second-order valence-corrected chi connectivity index (χ2v) is 8.19. The fraction of sp³-hybridized carbons (Fsp3) is 0.364. The van der Waals surface area contributed by atoms with Gasteiger partial charge in [-0.1, -0.05) is 42.5 Å². The molecule has 4 heteroatoms. The van der Waals surface area contributed by atoms with Crippen LogP contribution < -0.4 is 5.32 Å². The average Bonchev–Trinajstić information content (AvgIpc) is 3.42. The first kappa shape index (κ1) is 17.2. The minimum Gasteiger partial charge on any atom is -0.349 e. The summed E-state index contributed by atoms with van der Waals surface area (Å²) in [5.41, 5.74) is 2.32. The molecule has 134 valence electrons. The number of benzene rings is 2. The number of hydrogen-bond donors (Lipinski definition) is 1. The van der Waals surface area contributed by atoms with Crippen molar-refractivity contribution in [1.82, 2.24) is 10.3 Å². The maximum Gasteiger partial charge on any atom is 0.220 e. The number of unbranched alkanes of at least 4 members (excludes halogenated alkanes) is 1. The van der Waals surface area contributed by atoms with Crippen LogP contribution in [-0.4, -0.2) is 10.9 Å². The molecule has 1 aliphatic rings. The highest BCUT2D eigenvalue weighted by atomic mass is 32.1. The van der Waals surface area contributed by atoms with E-state index in [9.17, 15) is 4.79 Å². The Hall–Kier alpha value is -2.20. The molecule has 1 unspecified atom stereocenters. The number of nitrogens with zero attached hydrogens (tertiary/aromatic N) is 1. The molecule has 0 spiro atoms. The van der Waals surface area contributed by atoms with Crippen LogP contribution in [0.5, 0.6) is 0 Å². The quantitative estimate of drug-likeness (QED) is 0.553. The van der Waals surface area contributed by atoms with Crippen molar-refractivity contribution in [3.63, 3.8) is 0 Å². The first-order valence-corrected chi connectivity index (χ1v) is 10.3. The molecule has 1 saturated carbocycles. The average molecular weight is 365 g/mol. The van der Waals surface area contributed by atoms with Gasteiger partial charge in [0, 0.05) is 6.42 Å². The second-order valence-electron chi connectivity index (χ2n) is 7.08. The summed E-state index contributed by atoms with van der Waals surface area (Å²) < 4.78 is 1.25. The van der Waals surface area contributed by atoms with E-state index in [-0.39, 0.29) is 11.9 Å². The highest BCUT2D eigenvalue weighted by Crippen LogP contribution is 2.41. The van der Waals surface area contributed by atoms with Gasteiger partial charge in [-0.3, -0.25) is 4.79 Å². The fourth-order valence-electron chi connectivity index (χ4n) is 3.40. The molecule has 0 bridgehead atoms. The zero-order chi connectivity index (χ0) is 17.8. The van der Waals surface area contributed by atoms with E-state index in [0.29, 0.717) is 12.3 Å². The Labute approximate surface area is 158 Å². The monoisotopic (exact) mass is 364 g/mol. The van der Waals surface area contributed by atoms with Gasteiger partial charge in [0.05, 0.1) is 21.3 Å². The van der Waals surface area contributed by atoms with E-state index in [2.05, 4.69) is 52.8 Å². The van der Waals surface area contributed by atoms with Gasteiger partial charge in [-0.15, -0.1) is 11.3 Å². The summed E-state index contributed by atoms with van der Waals surface area (Å²) in [4.78, 5) is 17.1. The number of rotatable bonds is 8. The maximum atomic E-state index is 12.4. The summed E-state index contributed by atoms with van der Waals surface area (Å²) in [5, 5.41) is 4.44. The zero-order valence-electron chi connectivity index (χ0n) is 14.9. The Morgan fingerprint density at radius 3 is 2.62 bits per heavy atom. The molecule has 1 heterocycles. The lowest BCUT2D eigenvalue weighted by molar-refractivity contribution is -0.122. The molecule has 1 fully saturated rings. The van der Waals surface area contributed by atoms with Crippen LogP contribution in [0, 0.1) is 5.92 Å². The van der Waals surface area contributed by atoms with E-state index in [1.165, 1.54) is 28.1 Å². The third-order valence-corrected chi connectivity index (χ3v) is 6.05. The molecule has 1 aliphatic carbocycles. The first-order chi connectivity index (χ1) is 12.8. The summed E-state index contributed by atoms with van der Waals surface area (Å²) in [6.07, 6.45) is 5.91. The van der Waals surface area contributed by atoms with Crippen LogP contribution in [-0.2, 0) is 11.2 Å². The molecule has 3 aromatic rings. The van der Waals surface area contributed by atoms with Crippen molar-refractivity contribution in [2.75, 3.05) is 0 Å². The van der Waals surface area contributed by atoms with E-state index in [1.54, 1.807) is 11.3 Å². The van der Waals surface area contributed by atoms with Crippen LogP contribution in [0.2, 0.25) is 0 Å². The standard InChI is InChI=1S/C22H24N2OS/c25-20(24-22(17-14-15-17)16-8-2-1-3-9-16)12-6-7-13-21-23-18-10-4-5-11-19(18)26-21/h1-5,8-11,17,22H,6-7,12-15H2,(H,24,25). The van der Waals surface area contributed by atoms with Gasteiger partial charge in [-0.05, 0) is 55.7 Å². The Morgan fingerprint density at radius 1 is 1.08 bits per heavy atom. The van der Waals surface area contributed by atoms with Crippen molar-refractivity contribution < 1.29 is 4.79 Å². The van der Waals surface area contributed by atoms with Gasteiger partial charge in [0.2, 0.25) is 5.91 Å². The zero-order valence-corrected chi connectivity index (χ0v) is 15.7. The molecule has 1 aromatic heterocycles. The van der Waals surface area contributed by atoms with E-state index >= 15 is 0 Å². The number of hydrogen-bond acceptors (Lipinski definition) is 3. The minimum absolute atomic E-state index is 0.176. The number of carbonyl (C=O) groups excluding carboxylic acids is 1. The lowest BCUT2D eigenvalue weighted by Gasteiger charge is -2.18. The summed E-state index contributed by atoms with van der Waals surface area (Å²) >= 11 is 1.76. The number of thiazole rings is 1. The number of nitrogens with one attached hydrogen (secondary N) is 1. The van der Waals surface area contributed by atoms with Crippen LogP contribution in [0.3, 0.4) is 0 Å². The smallest absolute Gasteiger partial charge is 0.220 e. The highest BCUT2D eigenvalue weighted by molar-refractivity contribution is 7.18. The van der Waals surface area contributed by atoms with Crippen LogP contribution in [0.15, 0.2) is 54.6 Å². The Kier molecular flexibility index (Phi) is 5.30. The number of carbonyl (C=O) groups is 1. The van der Waals surface area contributed by atoms with Crippen molar-refractivity contribution in [1.29, 1.82) is 0 Å². The second kappa shape index (κ2) is 8.00. The van der Waals surface area contributed by atoms with Crippen molar-refractivity contribution >= 4 is 27.5 Å². The fourth-order valence-corrected chi connectivity index (χ4v) is 4.41. The van der Waals surface area contributed by atoms with E-state index < -0.39 is 0 Å². The van der Waals surface area contributed by atoms with Gasteiger partial charge >= 0.3 is 0 Å². The van der Waals surface area contributed by atoms with E-state index in [0.717, 1.165) is 24.8 Å². The molecule has 0 aliphatic heterocycles. The van der Waals surface area contributed by atoms with Crippen molar-refractivity contribution in [3.8, 4) is 0 Å². The van der Waals surface area contributed by atoms with Gasteiger partial charge in [-0.25, -0.2) is 4.98 Å². The normalized spacial score (nSPS) is 15.1.